The van der Waals surface area contributed by atoms with Gasteiger partial charge >= 0.3 is 0 Å². The second kappa shape index (κ2) is 5.67. The molecule has 7 heteroatoms. The van der Waals surface area contributed by atoms with Crippen LogP contribution in [0, 0.1) is 25.0 Å². The standard InChI is InChI=1S/C10H9IN2O4/c1-3-17-10-8(16-2)4-7(13(14)15)6(5-12)9(10)11/h4H,3H2,1-2H3. The lowest BCUT2D eigenvalue weighted by Crippen LogP contribution is -2.02. The van der Waals surface area contributed by atoms with Crippen molar-refractivity contribution in [3.8, 4) is 17.6 Å². The number of methoxy groups -OCH3 is 1. The summed E-state index contributed by atoms with van der Waals surface area (Å²) in [6, 6.07) is 3.01. The Kier molecular flexibility index (Phi) is 4.51. The molecule has 0 aliphatic rings. The summed E-state index contributed by atoms with van der Waals surface area (Å²) in [6.07, 6.45) is 0. The minimum Gasteiger partial charge on any atom is -0.493 e. The summed E-state index contributed by atoms with van der Waals surface area (Å²) >= 11 is 1.84. The van der Waals surface area contributed by atoms with Gasteiger partial charge < -0.3 is 9.47 Å². The van der Waals surface area contributed by atoms with Crippen molar-refractivity contribution in [1.82, 2.24) is 0 Å². The zero-order chi connectivity index (χ0) is 13.0. The minimum absolute atomic E-state index is 0.0140. The molecule has 0 saturated carbocycles. The lowest BCUT2D eigenvalue weighted by atomic mass is 10.1. The second-order valence-electron chi connectivity index (χ2n) is 2.92. The van der Waals surface area contributed by atoms with Crippen molar-refractivity contribution in [3.05, 3.63) is 25.3 Å². The maximum absolute atomic E-state index is 10.8. The van der Waals surface area contributed by atoms with E-state index >= 15 is 0 Å². The molecule has 0 amide bonds. The van der Waals surface area contributed by atoms with Crippen LogP contribution in [0.2, 0.25) is 0 Å². The summed E-state index contributed by atoms with van der Waals surface area (Å²) in [6.45, 7) is 2.16. The van der Waals surface area contributed by atoms with Gasteiger partial charge in [-0.15, -0.1) is 0 Å². The van der Waals surface area contributed by atoms with Crippen LogP contribution in [0.15, 0.2) is 6.07 Å². The molecule has 0 heterocycles. The van der Waals surface area contributed by atoms with Crippen LogP contribution >= 0.6 is 22.6 Å². The van der Waals surface area contributed by atoms with E-state index in [1.54, 1.807) is 6.92 Å². The number of nitrogens with zero attached hydrogens (tertiary/aromatic N) is 2. The first-order valence-corrected chi connectivity index (χ1v) is 5.72. The number of nitro benzene ring substituents is 1. The molecule has 0 bridgehead atoms. The molecule has 0 unspecified atom stereocenters. The highest BCUT2D eigenvalue weighted by molar-refractivity contribution is 14.1. The maximum atomic E-state index is 10.8. The van der Waals surface area contributed by atoms with Crippen LogP contribution in [-0.2, 0) is 0 Å². The second-order valence-corrected chi connectivity index (χ2v) is 4.00. The Morgan fingerprint density at radius 2 is 2.29 bits per heavy atom. The number of hydrogen-bond acceptors (Lipinski definition) is 5. The van der Waals surface area contributed by atoms with E-state index in [1.165, 1.54) is 13.2 Å². The maximum Gasteiger partial charge on any atom is 0.292 e. The number of nitro groups is 1. The summed E-state index contributed by atoms with van der Waals surface area (Å²) in [4.78, 5) is 10.2. The summed E-state index contributed by atoms with van der Waals surface area (Å²) < 4.78 is 10.7. The molecule has 0 radical (unpaired) electrons. The smallest absolute Gasteiger partial charge is 0.292 e. The van der Waals surface area contributed by atoms with Gasteiger partial charge in [0.05, 0.1) is 28.3 Å². The molecule has 1 aromatic carbocycles. The van der Waals surface area contributed by atoms with Crippen molar-refractivity contribution in [2.45, 2.75) is 6.92 Å². The largest absolute Gasteiger partial charge is 0.493 e. The van der Waals surface area contributed by atoms with Crippen LogP contribution in [0.25, 0.3) is 0 Å². The fourth-order valence-corrected chi connectivity index (χ4v) is 2.10. The van der Waals surface area contributed by atoms with Gasteiger partial charge in [-0.05, 0) is 29.5 Å². The predicted octanol–water partition coefficient (Wildman–Crippen LogP) is 2.48. The lowest BCUT2D eigenvalue weighted by Gasteiger charge is -2.12. The Labute approximate surface area is 111 Å². The summed E-state index contributed by atoms with van der Waals surface area (Å²) in [7, 11) is 1.39. The number of nitriles is 1. The molecule has 1 aromatic rings. The molecule has 0 aromatic heterocycles. The molecule has 0 saturated heterocycles. The third kappa shape index (κ3) is 2.58. The highest BCUT2D eigenvalue weighted by Crippen LogP contribution is 2.39. The van der Waals surface area contributed by atoms with Gasteiger partial charge in [0, 0.05) is 0 Å². The van der Waals surface area contributed by atoms with E-state index in [0.717, 1.165) is 0 Å². The molecule has 1 rings (SSSR count). The Bertz CT molecular complexity index is 496. The number of hydrogen-bond donors (Lipinski definition) is 0. The normalized spacial score (nSPS) is 9.53. The zero-order valence-corrected chi connectivity index (χ0v) is 11.3. The van der Waals surface area contributed by atoms with E-state index in [-0.39, 0.29) is 17.0 Å². The van der Waals surface area contributed by atoms with Crippen molar-refractivity contribution >= 4 is 28.3 Å². The fourth-order valence-electron chi connectivity index (χ4n) is 1.28. The Hall–Kier alpha value is -1.56. The van der Waals surface area contributed by atoms with Crippen LogP contribution in [0.5, 0.6) is 11.5 Å². The van der Waals surface area contributed by atoms with Crippen LogP contribution < -0.4 is 9.47 Å². The lowest BCUT2D eigenvalue weighted by molar-refractivity contribution is -0.385. The summed E-state index contributed by atoms with van der Waals surface area (Å²) in [5.74, 6) is 0.611. The highest BCUT2D eigenvalue weighted by Gasteiger charge is 2.24. The molecular formula is C10H9IN2O4. The van der Waals surface area contributed by atoms with Gasteiger partial charge in [-0.1, -0.05) is 0 Å². The number of halogens is 1. The van der Waals surface area contributed by atoms with Gasteiger partial charge in [0.25, 0.3) is 5.69 Å². The van der Waals surface area contributed by atoms with Gasteiger partial charge in [-0.3, -0.25) is 10.1 Å². The number of rotatable bonds is 4. The van der Waals surface area contributed by atoms with E-state index in [2.05, 4.69) is 0 Å². The zero-order valence-electron chi connectivity index (χ0n) is 9.19. The predicted molar refractivity (Wildman–Crippen MR) is 68.2 cm³/mol. The molecule has 0 aliphatic heterocycles. The van der Waals surface area contributed by atoms with Gasteiger partial charge in [0.2, 0.25) is 0 Å². The molecule has 0 aliphatic carbocycles. The minimum atomic E-state index is -0.612. The van der Waals surface area contributed by atoms with Gasteiger partial charge in [-0.2, -0.15) is 5.26 Å². The average Bonchev–Trinajstić information content (AvgIpc) is 2.31. The topological polar surface area (TPSA) is 85.4 Å². The third-order valence-electron chi connectivity index (χ3n) is 1.98. The van der Waals surface area contributed by atoms with Crippen molar-refractivity contribution in [1.29, 1.82) is 5.26 Å². The SMILES string of the molecule is CCOc1c(OC)cc([N+](=O)[O-])c(C#N)c1I. The first-order chi connectivity index (χ1) is 8.06. The van der Waals surface area contributed by atoms with Crippen molar-refractivity contribution < 1.29 is 14.4 Å². The Balaban J connectivity index is 3.55. The fraction of sp³-hybridized carbons (Fsp3) is 0.300. The van der Waals surface area contributed by atoms with E-state index in [9.17, 15) is 10.1 Å². The Morgan fingerprint density at radius 3 is 2.71 bits per heavy atom. The molecule has 0 fully saturated rings. The van der Waals surface area contributed by atoms with Crippen LogP contribution in [0.1, 0.15) is 12.5 Å². The molecule has 0 spiro atoms. The highest BCUT2D eigenvalue weighted by atomic mass is 127. The molecule has 0 N–H and O–H groups in total. The van der Waals surface area contributed by atoms with E-state index in [0.29, 0.717) is 15.9 Å². The van der Waals surface area contributed by atoms with Gasteiger partial charge in [-0.25, -0.2) is 0 Å². The van der Waals surface area contributed by atoms with Gasteiger partial charge in [0.15, 0.2) is 11.5 Å². The van der Waals surface area contributed by atoms with Crippen molar-refractivity contribution in [3.63, 3.8) is 0 Å². The first kappa shape index (κ1) is 13.5. The number of benzene rings is 1. The van der Waals surface area contributed by atoms with Crippen molar-refractivity contribution in [2.75, 3.05) is 13.7 Å². The van der Waals surface area contributed by atoms with Crippen LogP contribution in [0.3, 0.4) is 0 Å². The first-order valence-electron chi connectivity index (χ1n) is 4.64. The van der Waals surface area contributed by atoms with Crippen LogP contribution in [-0.4, -0.2) is 18.6 Å². The molecular weight excluding hydrogens is 339 g/mol. The molecule has 17 heavy (non-hydrogen) atoms. The van der Waals surface area contributed by atoms with E-state index < -0.39 is 4.92 Å². The molecule has 90 valence electrons. The monoisotopic (exact) mass is 348 g/mol. The summed E-state index contributed by atoms with van der Waals surface area (Å²) in [5, 5.41) is 19.8. The molecule has 6 nitrogen and oxygen atoms in total. The van der Waals surface area contributed by atoms with Crippen LogP contribution in [0.4, 0.5) is 5.69 Å². The van der Waals surface area contributed by atoms with E-state index in [1.807, 2.05) is 28.7 Å². The van der Waals surface area contributed by atoms with E-state index in [4.69, 9.17) is 14.7 Å². The van der Waals surface area contributed by atoms with Gasteiger partial charge in [0.1, 0.15) is 11.6 Å². The van der Waals surface area contributed by atoms with Crippen molar-refractivity contribution in [2.24, 2.45) is 0 Å². The summed E-state index contributed by atoms with van der Waals surface area (Å²) in [5.41, 5.74) is -0.294. The third-order valence-corrected chi connectivity index (χ3v) is 3.01. The molecule has 0 atom stereocenters. The number of ether oxygens (including phenoxy) is 2. The Morgan fingerprint density at radius 1 is 1.65 bits per heavy atom. The average molecular weight is 348 g/mol. The quantitative estimate of drug-likeness (QED) is 0.474.